The van der Waals surface area contributed by atoms with Gasteiger partial charge in [-0.3, -0.25) is 9.36 Å². The van der Waals surface area contributed by atoms with Gasteiger partial charge >= 0.3 is 5.97 Å². The minimum absolute atomic E-state index is 0.212. The second-order valence-electron chi connectivity index (χ2n) is 6.49. The Morgan fingerprint density at radius 3 is 2.41 bits per heavy atom. The van der Waals surface area contributed by atoms with E-state index in [0.29, 0.717) is 17.7 Å². The molecular weight excluding hydrogens is 361 g/mol. The normalized spacial score (nSPS) is 14.4. The Kier molecular flexibility index (Phi) is 5.64. The van der Waals surface area contributed by atoms with Crippen LogP contribution in [0.1, 0.15) is 30.1 Å². The Bertz CT molecular complexity index is 1020. The monoisotopic (exact) mass is 383 g/mol. The zero-order valence-corrected chi connectivity index (χ0v) is 15.9. The number of carboxylic acid groups (broad SMARTS) is 1. The molecule has 0 radical (unpaired) electrons. The largest absolute Gasteiger partial charge is 0.481 e. The molecule has 140 valence electrons. The van der Waals surface area contributed by atoms with Gasteiger partial charge < -0.3 is 15.1 Å². The number of aliphatic carboxylic acids is 1. The van der Waals surface area contributed by atoms with Gasteiger partial charge in [0.1, 0.15) is 0 Å². The average Bonchev–Trinajstić information content (AvgIpc) is 2.63. The van der Waals surface area contributed by atoms with Crippen molar-refractivity contribution < 1.29 is 19.4 Å². The first kappa shape index (κ1) is 19.2. The van der Waals surface area contributed by atoms with Gasteiger partial charge in [-0.25, -0.2) is 0 Å². The van der Waals surface area contributed by atoms with Crippen LogP contribution in [-0.4, -0.2) is 16.0 Å². The van der Waals surface area contributed by atoms with E-state index in [0.717, 1.165) is 16.3 Å². The number of carboxylic acids is 1. The number of carbonyl (C=O) groups is 1. The van der Waals surface area contributed by atoms with Gasteiger partial charge in [0.15, 0.2) is 0 Å². The average molecular weight is 383 g/mol. The summed E-state index contributed by atoms with van der Waals surface area (Å²) in [6.07, 6.45) is 0.260. The Hall–Kier alpha value is -2.62. The highest BCUT2D eigenvalue weighted by atomic mass is 31.2. The van der Waals surface area contributed by atoms with Crippen LogP contribution in [0.3, 0.4) is 0 Å². The van der Waals surface area contributed by atoms with E-state index in [1.165, 1.54) is 0 Å². The summed E-state index contributed by atoms with van der Waals surface area (Å²) < 4.78 is 13.2. The molecule has 0 aliphatic heterocycles. The molecule has 5 nitrogen and oxygen atoms in total. The predicted molar refractivity (Wildman–Crippen MR) is 108 cm³/mol. The molecule has 0 spiro atoms. The summed E-state index contributed by atoms with van der Waals surface area (Å²) in [5.41, 5.74) is 1.04. The fraction of sp³-hybridized carbons (Fsp3) is 0.190. The number of nitrogens with one attached hydrogen (secondary N) is 1. The predicted octanol–water partition coefficient (Wildman–Crippen LogP) is 5.22. The van der Waals surface area contributed by atoms with Crippen LogP contribution in [-0.2, 0) is 15.8 Å². The molecule has 0 bridgehead atoms. The Balaban J connectivity index is 1.94. The fourth-order valence-corrected chi connectivity index (χ4v) is 5.08. The second kappa shape index (κ2) is 7.95. The van der Waals surface area contributed by atoms with E-state index in [4.69, 9.17) is 5.11 Å². The van der Waals surface area contributed by atoms with Gasteiger partial charge in [-0.2, -0.15) is 0 Å². The van der Waals surface area contributed by atoms with Crippen molar-refractivity contribution in [3.63, 3.8) is 0 Å². The number of hydrogen-bond acceptors (Lipinski definition) is 2. The Labute approximate surface area is 158 Å². The van der Waals surface area contributed by atoms with Gasteiger partial charge in [-0.1, -0.05) is 67.6 Å². The standard InChI is InChI=1S/C21H22NO4P/c1-2-20(18-12-11-15-7-3-4-8-16(15)13-18)27(25,26)22-19-10-6-5-9-17(19)14-21(23)24/h3-13,20H,2,14H2,1H3,(H,23,24)(H2,22,25,26). The molecule has 27 heavy (non-hydrogen) atoms. The van der Waals surface area contributed by atoms with Crippen LogP contribution in [0.25, 0.3) is 10.8 Å². The maximum absolute atomic E-state index is 13.2. The molecule has 0 amide bonds. The van der Waals surface area contributed by atoms with Crippen molar-refractivity contribution in [2.45, 2.75) is 25.4 Å². The van der Waals surface area contributed by atoms with E-state index < -0.39 is 19.1 Å². The first-order valence-corrected chi connectivity index (χ1v) is 10.5. The summed E-state index contributed by atoms with van der Waals surface area (Å²) in [4.78, 5) is 21.9. The third-order valence-corrected chi connectivity index (χ3v) is 6.68. The van der Waals surface area contributed by atoms with Crippen LogP contribution in [0.5, 0.6) is 0 Å². The van der Waals surface area contributed by atoms with Crippen LogP contribution < -0.4 is 5.09 Å². The smallest absolute Gasteiger partial charge is 0.307 e. The molecule has 0 aliphatic carbocycles. The van der Waals surface area contributed by atoms with Crippen molar-refractivity contribution in [3.05, 3.63) is 77.9 Å². The summed E-state index contributed by atoms with van der Waals surface area (Å²) in [5.74, 6) is -0.987. The quantitative estimate of drug-likeness (QED) is 0.487. The third-order valence-electron chi connectivity index (χ3n) is 4.61. The SMILES string of the molecule is CCC(c1ccc2ccccc2c1)P(=O)(O)Nc1ccccc1CC(=O)O. The third kappa shape index (κ3) is 4.38. The van der Waals surface area contributed by atoms with Crippen LogP contribution in [0, 0.1) is 0 Å². The number of rotatable bonds is 7. The Morgan fingerprint density at radius 1 is 1.04 bits per heavy atom. The lowest BCUT2D eigenvalue weighted by atomic mass is 10.0. The molecule has 0 heterocycles. The number of benzene rings is 3. The first-order chi connectivity index (χ1) is 12.9. The summed E-state index contributed by atoms with van der Waals surface area (Å²) in [7, 11) is -3.84. The van der Waals surface area contributed by atoms with Crippen LogP contribution in [0.4, 0.5) is 5.69 Å². The van der Waals surface area contributed by atoms with Crippen LogP contribution in [0.2, 0.25) is 0 Å². The van der Waals surface area contributed by atoms with Gasteiger partial charge in [0.25, 0.3) is 7.52 Å². The van der Waals surface area contributed by atoms with E-state index >= 15 is 0 Å². The lowest BCUT2D eigenvalue weighted by Gasteiger charge is -2.25. The lowest BCUT2D eigenvalue weighted by molar-refractivity contribution is -0.136. The number of fused-ring (bicyclic) bond motifs is 1. The molecule has 2 atom stereocenters. The molecule has 6 heteroatoms. The van der Waals surface area contributed by atoms with Crippen molar-refractivity contribution in [2.24, 2.45) is 0 Å². The number of anilines is 1. The lowest BCUT2D eigenvalue weighted by Crippen LogP contribution is -2.09. The van der Waals surface area contributed by atoms with Crippen molar-refractivity contribution in [1.82, 2.24) is 0 Å². The highest BCUT2D eigenvalue weighted by molar-refractivity contribution is 7.60. The van der Waals surface area contributed by atoms with Crippen molar-refractivity contribution in [1.29, 1.82) is 0 Å². The second-order valence-corrected chi connectivity index (χ2v) is 8.59. The summed E-state index contributed by atoms with van der Waals surface area (Å²) in [5, 5.41) is 13.9. The van der Waals surface area contributed by atoms with Gasteiger partial charge in [-0.15, -0.1) is 0 Å². The van der Waals surface area contributed by atoms with Crippen LogP contribution in [0.15, 0.2) is 66.7 Å². The number of para-hydroxylation sites is 1. The molecule has 3 aromatic rings. The topological polar surface area (TPSA) is 86.6 Å². The maximum Gasteiger partial charge on any atom is 0.307 e. The summed E-state index contributed by atoms with van der Waals surface area (Å²) in [6.45, 7) is 1.87. The molecule has 0 saturated heterocycles. The maximum atomic E-state index is 13.2. The van der Waals surface area contributed by atoms with Crippen molar-refractivity contribution >= 4 is 29.9 Å². The zero-order chi connectivity index (χ0) is 19.4. The summed E-state index contributed by atoms with van der Waals surface area (Å²) >= 11 is 0. The van der Waals surface area contributed by atoms with Gasteiger partial charge in [0.05, 0.1) is 12.1 Å². The van der Waals surface area contributed by atoms with E-state index in [2.05, 4.69) is 5.09 Å². The fourth-order valence-electron chi connectivity index (χ4n) is 3.30. The molecule has 0 aliphatic rings. The molecule has 3 aromatic carbocycles. The van der Waals surface area contributed by atoms with Crippen LogP contribution >= 0.6 is 7.52 Å². The number of hydrogen-bond donors (Lipinski definition) is 3. The van der Waals surface area contributed by atoms with E-state index in [1.54, 1.807) is 24.3 Å². The minimum atomic E-state index is -3.84. The highest BCUT2D eigenvalue weighted by Gasteiger charge is 2.32. The molecule has 2 unspecified atom stereocenters. The summed E-state index contributed by atoms with van der Waals surface area (Å²) in [6, 6.07) is 20.3. The van der Waals surface area contributed by atoms with E-state index in [1.807, 2.05) is 49.4 Å². The first-order valence-electron chi connectivity index (χ1n) is 8.80. The Morgan fingerprint density at radius 2 is 1.70 bits per heavy atom. The highest BCUT2D eigenvalue weighted by Crippen LogP contribution is 2.57. The van der Waals surface area contributed by atoms with Gasteiger partial charge in [0.2, 0.25) is 0 Å². The molecule has 3 N–H and O–H groups in total. The zero-order valence-electron chi connectivity index (χ0n) is 15.0. The molecular formula is C21H22NO4P. The van der Waals surface area contributed by atoms with Crippen molar-refractivity contribution in [3.8, 4) is 0 Å². The van der Waals surface area contributed by atoms with E-state index in [9.17, 15) is 14.3 Å². The van der Waals surface area contributed by atoms with Gasteiger partial charge in [-0.05, 0) is 34.4 Å². The molecule has 0 aromatic heterocycles. The molecule has 0 saturated carbocycles. The molecule has 0 fully saturated rings. The molecule has 3 rings (SSSR count). The minimum Gasteiger partial charge on any atom is -0.481 e. The van der Waals surface area contributed by atoms with E-state index in [-0.39, 0.29) is 6.42 Å². The van der Waals surface area contributed by atoms with Gasteiger partial charge in [0, 0.05) is 5.69 Å². The van der Waals surface area contributed by atoms with Crippen molar-refractivity contribution in [2.75, 3.05) is 5.09 Å².